The van der Waals surface area contributed by atoms with E-state index in [0.29, 0.717) is 82.6 Å². The normalized spacial score (nSPS) is 15.5. The highest BCUT2D eigenvalue weighted by Gasteiger charge is 2.38. The molecule has 85 heavy (non-hydrogen) atoms. The highest BCUT2D eigenvalue weighted by atomic mass is 35.5. The maximum Gasteiger partial charge on any atom is 0.335 e. The number of thioether (sulfide) groups is 3. The van der Waals surface area contributed by atoms with Gasteiger partial charge in [-0.15, -0.1) is 0 Å². The van der Waals surface area contributed by atoms with Crippen LogP contribution in [-0.2, 0) is 27.5 Å². The third-order valence-corrected chi connectivity index (χ3v) is 16.3. The topological polar surface area (TPSA) is 202 Å². The van der Waals surface area contributed by atoms with Crippen LogP contribution in [0.4, 0.5) is 14.0 Å². The van der Waals surface area contributed by atoms with Gasteiger partial charge in [-0.25, -0.2) is 9.18 Å². The van der Waals surface area contributed by atoms with Crippen LogP contribution in [0, 0.1) is 5.82 Å². The quantitative estimate of drug-likeness (QED) is 0.0611. The fourth-order valence-electron chi connectivity index (χ4n) is 8.30. The second kappa shape index (κ2) is 26.7. The molecule has 15 nitrogen and oxygen atoms in total. The van der Waals surface area contributed by atoms with Crippen LogP contribution < -0.4 is 0 Å². The van der Waals surface area contributed by atoms with E-state index >= 15 is 0 Å². The monoisotopic (exact) mass is 1250 g/mol. The van der Waals surface area contributed by atoms with Crippen LogP contribution in [0.1, 0.15) is 49.3 Å². The zero-order chi connectivity index (χ0) is 59.7. The van der Waals surface area contributed by atoms with E-state index in [1.54, 1.807) is 103 Å². The molecule has 0 unspecified atom stereocenters. The fourth-order valence-corrected chi connectivity index (χ4v) is 11.7. The van der Waals surface area contributed by atoms with Crippen molar-refractivity contribution in [2.45, 2.75) is 13.1 Å². The number of amides is 5. The molecule has 9 aromatic rings. The number of thiocarbonyl (C=S) groups is 1. The molecule has 0 atom stereocenters. The highest BCUT2D eigenvalue weighted by Crippen LogP contribution is 2.38. The molecule has 5 aromatic carbocycles. The van der Waals surface area contributed by atoms with E-state index in [9.17, 15) is 38.0 Å². The lowest BCUT2D eigenvalue weighted by molar-refractivity contribution is -0.123. The third kappa shape index (κ3) is 14.5. The van der Waals surface area contributed by atoms with Crippen molar-refractivity contribution in [2.75, 3.05) is 6.54 Å². The molecule has 22 heteroatoms. The van der Waals surface area contributed by atoms with Crippen LogP contribution in [0.5, 0.6) is 0 Å². The van der Waals surface area contributed by atoms with Crippen LogP contribution in [0.25, 0.3) is 52.2 Å². The molecule has 1 N–H and O–H groups in total. The van der Waals surface area contributed by atoms with Gasteiger partial charge in [-0.2, -0.15) is 0 Å². The van der Waals surface area contributed by atoms with E-state index in [4.69, 9.17) is 58.2 Å². The molecule has 0 radical (unpaired) electrons. The molecular formula is C63H40Cl2FN3O12S4. The van der Waals surface area contributed by atoms with E-state index < -0.39 is 28.3 Å². The molecule has 424 valence electrons. The first kappa shape index (κ1) is 59.2. The molecule has 0 bridgehead atoms. The maximum absolute atomic E-state index is 13.0. The highest BCUT2D eigenvalue weighted by molar-refractivity contribution is 8.26. The molecule has 3 saturated heterocycles. The number of carboxylic acids is 1. The predicted octanol–water partition coefficient (Wildman–Crippen LogP) is 16.1. The van der Waals surface area contributed by atoms with Crippen LogP contribution in [0.3, 0.4) is 0 Å². The summed E-state index contributed by atoms with van der Waals surface area (Å²) in [6, 6.07) is 49.3. The van der Waals surface area contributed by atoms with E-state index in [2.05, 4.69) is 0 Å². The van der Waals surface area contributed by atoms with Gasteiger partial charge in [-0.1, -0.05) is 132 Å². The number of furan rings is 4. The molecular weight excluding hydrogens is 1210 g/mol. The summed E-state index contributed by atoms with van der Waals surface area (Å²) in [5, 5.41) is 9.00. The Labute approximate surface area is 511 Å². The molecule has 0 spiro atoms. The number of carbonyl (C=O) groups is 7. The first-order valence-corrected chi connectivity index (χ1v) is 28.9. The lowest BCUT2D eigenvalue weighted by Crippen LogP contribution is -2.33. The first-order chi connectivity index (χ1) is 41.0. The largest absolute Gasteiger partial charge is 0.478 e. The Morgan fingerprint density at radius 2 is 1.07 bits per heavy atom. The number of hydrogen-bond acceptors (Lipinski definition) is 15. The van der Waals surface area contributed by atoms with Gasteiger partial charge in [0.25, 0.3) is 28.2 Å². The summed E-state index contributed by atoms with van der Waals surface area (Å²) in [6.07, 6.45) is 6.28. The summed E-state index contributed by atoms with van der Waals surface area (Å²) in [7, 11) is 0. The number of hydrogen-bond donors (Lipinski definition) is 1. The van der Waals surface area contributed by atoms with Crippen LogP contribution in [0.2, 0.25) is 10.0 Å². The molecule has 3 aliphatic heterocycles. The van der Waals surface area contributed by atoms with E-state index in [1.807, 2.05) is 48.5 Å². The zero-order valence-electron chi connectivity index (χ0n) is 43.7. The van der Waals surface area contributed by atoms with Gasteiger partial charge < -0.3 is 22.8 Å². The standard InChI is InChI=1S/C22H13Cl2NO4S.C22H14FNO5S.C19H13NO3S2/c23-14-6-8-16(17(24)10-14)19-9-7-15(29-19)11-20-21(27)25(22(28)30-20)12-18(26)13-4-2-1-3-5-13;23-16-7-1-13(2-8-16)12-24-20(25)19(30-22(24)28)11-17-9-10-18(29-17)14-3-5-15(6-4-14)21(26)27;21-18-17(25-19(24)20(18)12-15-7-4-10-22-15)11-14-8-9-16(23-14)13-5-2-1-3-6-13/h1-11H,12H2;1-11H,12H2,(H,26,27);1-11H,12H2/b20-11-;19-11-;17-11-. The fraction of sp³-hybridized carbons (Fsp3) is 0.0476. The van der Waals surface area contributed by atoms with Gasteiger partial charge in [-0.3, -0.25) is 43.5 Å². The lowest BCUT2D eigenvalue weighted by atomic mass is 10.1. The molecule has 3 aliphatic rings. The van der Waals surface area contributed by atoms with Gasteiger partial charge in [0.2, 0.25) is 0 Å². The molecule has 12 rings (SSSR count). The third-order valence-electron chi connectivity index (χ3n) is 12.5. The van der Waals surface area contributed by atoms with Crippen molar-refractivity contribution in [3.05, 3.63) is 252 Å². The number of benzene rings is 5. The second-order valence-electron chi connectivity index (χ2n) is 18.3. The molecule has 4 aromatic heterocycles. The van der Waals surface area contributed by atoms with Crippen molar-refractivity contribution in [1.82, 2.24) is 14.7 Å². The number of ketones is 1. The average molecular weight is 1250 g/mol. The van der Waals surface area contributed by atoms with Crippen molar-refractivity contribution in [2.24, 2.45) is 0 Å². The van der Waals surface area contributed by atoms with Gasteiger partial charge in [0.1, 0.15) is 50.5 Å². The summed E-state index contributed by atoms with van der Waals surface area (Å²) < 4.78 is 36.2. The summed E-state index contributed by atoms with van der Waals surface area (Å²) >= 11 is 20.3. The lowest BCUT2D eigenvalue weighted by Gasteiger charge is -2.12. The Morgan fingerprint density at radius 3 is 1.65 bits per heavy atom. The van der Waals surface area contributed by atoms with Gasteiger partial charge >= 0.3 is 5.97 Å². The minimum Gasteiger partial charge on any atom is -0.478 e. The number of aromatic carboxylic acids is 1. The van der Waals surface area contributed by atoms with E-state index in [1.165, 1.54) is 65.2 Å². The molecule has 0 saturated carbocycles. The van der Waals surface area contributed by atoms with E-state index in [-0.39, 0.29) is 46.0 Å². The number of nitrogens with zero attached hydrogens (tertiary/aromatic N) is 3. The summed E-state index contributed by atoms with van der Waals surface area (Å²) in [5.74, 6) is 1.03. The van der Waals surface area contributed by atoms with Crippen molar-refractivity contribution in [3.8, 4) is 34.0 Å². The van der Waals surface area contributed by atoms with Crippen molar-refractivity contribution in [3.63, 3.8) is 0 Å². The number of carbonyl (C=O) groups excluding carboxylic acids is 6. The number of Topliss-reactive ketones (excluding diaryl/α,β-unsaturated/α-hetero) is 1. The number of halogens is 3. The molecule has 5 amide bonds. The number of imide groups is 2. The summed E-state index contributed by atoms with van der Waals surface area (Å²) in [4.78, 5) is 90.2. The van der Waals surface area contributed by atoms with Gasteiger partial charge in [0.05, 0.1) is 51.2 Å². The minimum absolute atomic E-state index is 0.0572. The molecule has 7 heterocycles. The van der Waals surface area contributed by atoms with Crippen LogP contribution in [0.15, 0.2) is 215 Å². The average Bonchev–Trinajstić information content (AvgIpc) is 4.53. The number of carboxylic acid groups (broad SMARTS) is 1. The summed E-state index contributed by atoms with van der Waals surface area (Å²) in [5.41, 5.74) is 3.58. The SMILES string of the molecule is O=C(CN1C(=O)S/C(=C\c2ccc(-c3ccc(Cl)cc3Cl)o2)C1=O)c1ccccc1.O=C(O)c1ccc(-c2ccc(/C=C3\SC(=O)N(Cc4ccc(F)cc4)C3=O)o2)cc1.O=C1/C(=C/c2ccc(-c3ccccc3)o2)SC(=S)N1Cc1ccco1. The van der Waals surface area contributed by atoms with Crippen molar-refractivity contribution < 1.29 is 60.7 Å². The minimum atomic E-state index is -1.02. The smallest absolute Gasteiger partial charge is 0.335 e. The Bertz CT molecular complexity index is 4140. The van der Waals surface area contributed by atoms with Gasteiger partial charge in [0, 0.05) is 45.5 Å². The zero-order valence-corrected chi connectivity index (χ0v) is 48.5. The van der Waals surface area contributed by atoms with Crippen LogP contribution >= 0.6 is 70.7 Å². The first-order valence-electron chi connectivity index (χ1n) is 25.3. The Kier molecular flexibility index (Phi) is 18.6. The Hall–Kier alpha value is -9.02. The van der Waals surface area contributed by atoms with Crippen molar-refractivity contribution in [1.29, 1.82) is 0 Å². The van der Waals surface area contributed by atoms with Crippen molar-refractivity contribution >= 4 is 133 Å². The van der Waals surface area contributed by atoms with Gasteiger partial charge in [-0.05, 0) is 120 Å². The van der Waals surface area contributed by atoms with Crippen LogP contribution in [-0.4, -0.2) is 70.6 Å². The molecule has 3 fully saturated rings. The predicted molar refractivity (Wildman–Crippen MR) is 328 cm³/mol. The Morgan fingerprint density at radius 1 is 0.541 bits per heavy atom. The molecule has 0 aliphatic carbocycles. The van der Waals surface area contributed by atoms with Gasteiger partial charge in [0.15, 0.2) is 5.78 Å². The van der Waals surface area contributed by atoms with E-state index in [0.717, 1.165) is 44.6 Å². The number of rotatable bonds is 14. The second-order valence-corrected chi connectivity index (χ2v) is 22.8. The Balaban J connectivity index is 0.000000142. The summed E-state index contributed by atoms with van der Waals surface area (Å²) in [6.45, 7) is 0.0832. The maximum atomic E-state index is 13.0.